The highest BCUT2D eigenvalue weighted by molar-refractivity contribution is 7.11. The molecule has 2 heterocycles. The number of hydrogen-bond acceptors (Lipinski definition) is 7. The molecule has 1 aliphatic heterocycles. The number of thiophene rings is 1. The average molecular weight is 436 g/mol. The minimum absolute atomic E-state index is 0.186. The normalized spacial score (nSPS) is 13.6. The SMILES string of the molecule is COc1cccc(NC2=C(c3cccs3)C(=O)N(c3cc(OC)ccc3OC)C2=O)c1. The molecule has 0 spiro atoms. The number of nitrogens with zero attached hydrogens (tertiary/aromatic N) is 1. The van der Waals surface area contributed by atoms with Gasteiger partial charge in [-0.1, -0.05) is 12.1 Å². The van der Waals surface area contributed by atoms with Crippen LogP contribution in [0.1, 0.15) is 4.88 Å². The van der Waals surface area contributed by atoms with Gasteiger partial charge in [0, 0.05) is 22.7 Å². The van der Waals surface area contributed by atoms with Crippen molar-refractivity contribution < 1.29 is 23.8 Å². The standard InChI is InChI=1S/C23H20N2O5S/c1-28-15-7-4-6-14(12-15)24-21-20(19-8-5-11-31-19)22(26)25(23(21)27)17-13-16(29-2)9-10-18(17)30-3/h4-13,24H,1-3H3. The highest BCUT2D eigenvalue weighted by atomic mass is 32.1. The summed E-state index contributed by atoms with van der Waals surface area (Å²) >= 11 is 1.38. The lowest BCUT2D eigenvalue weighted by Gasteiger charge is -2.19. The van der Waals surface area contributed by atoms with Gasteiger partial charge in [-0.2, -0.15) is 0 Å². The topological polar surface area (TPSA) is 77.1 Å². The fourth-order valence-electron chi connectivity index (χ4n) is 3.33. The van der Waals surface area contributed by atoms with Crippen LogP contribution in [0, 0.1) is 0 Å². The maximum absolute atomic E-state index is 13.5. The first kappa shape index (κ1) is 20.5. The minimum Gasteiger partial charge on any atom is -0.497 e. The Labute approximate surface area is 183 Å². The van der Waals surface area contributed by atoms with Gasteiger partial charge < -0.3 is 19.5 Å². The Morgan fingerprint density at radius 1 is 0.839 bits per heavy atom. The van der Waals surface area contributed by atoms with Crippen molar-refractivity contribution in [2.45, 2.75) is 0 Å². The van der Waals surface area contributed by atoms with Gasteiger partial charge in [-0.05, 0) is 35.7 Å². The quantitative estimate of drug-likeness (QED) is 0.560. The molecule has 1 aromatic heterocycles. The second-order valence-corrected chi connectivity index (χ2v) is 7.52. The van der Waals surface area contributed by atoms with Gasteiger partial charge in [-0.15, -0.1) is 11.3 Å². The number of anilines is 2. The molecule has 0 aliphatic carbocycles. The Morgan fingerprint density at radius 2 is 1.61 bits per heavy atom. The van der Waals surface area contributed by atoms with Gasteiger partial charge in [0.25, 0.3) is 11.8 Å². The van der Waals surface area contributed by atoms with Crippen molar-refractivity contribution in [3.63, 3.8) is 0 Å². The molecule has 0 bridgehead atoms. The zero-order chi connectivity index (χ0) is 22.0. The van der Waals surface area contributed by atoms with E-state index in [-0.39, 0.29) is 5.70 Å². The van der Waals surface area contributed by atoms with E-state index in [1.54, 1.807) is 49.6 Å². The van der Waals surface area contributed by atoms with Gasteiger partial charge in [0.2, 0.25) is 0 Å². The van der Waals surface area contributed by atoms with E-state index in [2.05, 4.69) is 5.32 Å². The molecule has 4 rings (SSSR count). The maximum atomic E-state index is 13.5. The number of methoxy groups -OCH3 is 3. The molecule has 0 saturated heterocycles. The Balaban J connectivity index is 1.82. The van der Waals surface area contributed by atoms with Crippen molar-refractivity contribution in [3.05, 3.63) is 70.6 Å². The predicted octanol–water partition coefficient (Wildman–Crippen LogP) is 4.17. The van der Waals surface area contributed by atoms with E-state index in [0.29, 0.717) is 39.1 Å². The zero-order valence-electron chi connectivity index (χ0n) is 17.2. The molecule has 8 heteroatoms. The van der Waals surface area contributed by atoms with Crippen LogP contribution in [-0.2, 0) is 9.59 Å². The summed E-state index contributed by atoms with van der Waals surface area (Å²) in [6, 6.07) is 15.8. The summed E-state index contributed by atoms with van der Waals surface area (Å²) in [6.07, 6.45) is 0. The molecule has 2 aromatic carbocycles. The molecule has 1 N–H and O–H groups in total. The van der Waals surface area contributed by atoms with Crippen molar-refractivity contribution in [1.82, 2.24) is 0 Å². The number of carbonyl (C=O) groups excluding carboxylic acids is 2. The Morgan fingerprint density at radius 3 is 2.29 bits per heavy atom. The summed E-state index contributed by atoms with van der Waals surface area (Å²) in [4.78, 5) is 28.8. The molecule has 7 nitrogen and oxygen atoms in total. The Kier molecular flexibility index (Phi) is 5.64. The number of amides is 2. The van der Waals surface area contributed by atoms with Crippen LogP contribution in [0.2, 0.25) is 0 Å². The number of ether oxygens (including phenoxy) is 3. The second-order valence-electron chi connectivity index (χ2n) is 6.57. The maximum Gasteiger partial charge on any atom is 0.282 e. The highest BCUT2D eigenvalue weighted by Crippen LogP contribution is 2.40. The largest absolute Gasteiger partial charge is 0.497 e. The van der Waals surface area contributed by atoms with Crippen LogP contribution < -0.4 is 24.4 Å². The summed E-state index contributed by atoms with van der Waals surface area (Å²) in [5.74, 6) is 0.595. The van der Waals surface area contributed by atoms with Gasteiger partial charge in [0.05, 0.1) is 32.6 Å². The first-order valence-electron chi connectivity index (χ1n) is 9.37. The van der Waals surface area contributed by atoms with E-state index < -0.39 is 11.8 Å². The fraction of sp³-hybridized carbons (Fsp3) is 0.130. The molecule has 1 aliphatic rings. The summed E-state index contributed by atoms with van der Waals surface area (Å²) < 4.78 is 16.0. The Hall–Kier alpha value is -3.78. The number of nitrogens with one attached hydrogen (secondary N) is 1. The summed E-state index contributed by atoms with van der Waals surface area (Å²) in [5, 5.41) is 4.98. The second kappa shape index (κ2) is 8.53. The van der Waals surface area contributed by atoms with Crippen molar-refractivity contribution in [2.75, 3.05) is 31.5 Å². The first-order chi connectivity index (χ1) is 15.1. The molecule has 3 aromatic rings. The number of rotatable bonds is 7. The molecule has 158 valence electrons. The summed E-state index contributed by atoms with van der Waals surface area (Å²) in [5.41, 5.74) is 1.43. The molecule has 0 fully saturated rings. The van der Waals surface area contributed by atoms with E-state index in [4.69, 9.17) is 14.2 Å². The minimum atomic E-state index is -0.484. The van der Waals surface area contributed by atoms with Crippen LogP contribution in [0.3, 0.4) is 0 Å². The van der Waals surface area contributed by atoms with Crippen molar-refractivity contribution in [2.24, 2.45) is 0 Å². The van der Waals surface area contributed by atoms with Gasteiger partial charge in [0.1, 0.15) is 22.9 Å². The number of hydrogen-bond donors (Lipinski definition) is 1. The molecule has 0 saturated carbocycles. The third-order valence-electron chi connectivity index (χ3n) is 4.82. The Bertz CT molecular complexity index is 1170. The molecule has 31 heavy (non-hydrogen) atoms. The molecular weight excluding hydrogens is 416 g/mol. The first-order valence-corrected chi connectivity index (χ1v) is 10.3. The van der Waals surface area contributed by atoms with Crippen LogP contribution in [0.15, 0.2) is 65.7 Å². The van der Waals surface area contributed by atoms with Gasteiger partial charge >= 0.3 is 0 Å². The lowest BCUT2D eigenvalue weighted by Crippen LogP contribution is -2.32. The average Bonchev–Trinajstić information content (AvgIpc) is 3.40. The summed E-state index contributed by atoms with van der Waals surface area (Å²) in [6.45, 7) is 0. The third kappa shape index (κ3) is 3.73. The molecule has 2 amide bonds. The lowest BCUT2D eigenvalue weighted by atomic mass is 10.2. The zero-order valence-corrected chi connectivity index (χ0v) is 18.0. The van der Waals surface area contributed by atoms with Gasteiger partial charge in [-0.25, -0.2) is 4.90 Å². The lowest BCUT2D eigenvalue weighted by molar-refractivity contribution is -0.120. The van der Waals surface area contributed by atoms with E-state index in [1.807, 2.05) is 17.5 Å². The van der Waals surface area contributed by atoms with Crippen LogP contribution in [-0.4, -0.2) is 33.1 Å². The van der Waals surface area contributed by atoms with E-state index in [1.165, 1.54) is 25.6 Å². The van der Waals surface area contributed by atoms with E-state index in [0.717, 1.165) is 4.90 Å². The number of imide groups is 1. The van der Waals surface area contributed by atoms with E-state index >= 15 is 0 Å². The molecular formula is C23H20N2O5S. The highest BCUT2D eigenvalue weighted by Gasteiger charge is 2.42. The van der Waals surface area contributed by atoms with Crippen molar-refractivity contribution in [3.8, 4) is 17.2 Å². The number of benzene rings is 2. The predicted molar refractivity (Wildman–Crippen MR) is 120 cm³/mol. The number of carbonyl (C=O) groups is 2. The van der Waals surface area contributed by atoms with Crippen LogP contribution in [0.5, 0.6) is 17.2 Å². The van der Waals surface area contributed by atoms with Gasteiger partial charge in [-0.3, -0.25) is 9.59 Å². The van der Waals surface area contributed by atoms with Crippen molar-refractivity contribution >= 4 is 40.1 Å². The molecule has 0 radical (unpaired) electrons. The molecule has 0 atom stereocenters. The van der Waals surface area contributed by atoms with Crippen molar-refractivity contribution in [1.29, 1.82) is 0 Å². The van der Waals surface area contributed by atoms with Crippen LogP contribution >= 0.6 is 11.3 Å². The van der Waals surface area contributed by atoms with Crippen LogP contribution in [0.25, 0.3) is 5.57 Å². The smallest absolute Gasteiger partial charge is 0.282 e. The molecule has 0 unspecified atom stereocenters. The van der Waals surface area contributed by atoms with Gasteiger partial charge in [0.15, 0.2) is 0 Å². The summed E-state index contributed by atoms with van der Waals surface area (Å²) in [7, 11) is 4.57. The monoisotopic (exact) mass is 436 g/mol. The van der Waals surface area contributed by atoms with E-state index in [9.17, 15) is 9.59 Å². The fourth-order valence-corrected chi connectivity index (χ4v) is 4.10. The third-order valence-corrected chi connectivity index (χ3v) is 5.70. The van der Waals surface area contributed by atoms with Crippen LogP contribution in [0.4, 0.5) is 11.4 Å².